The van der Waals surface area contributed by atoms with E-state index in [2.05, 4.69) is 10.3 Å². The minimum atomic E-state index is -2.46. The number of fused-ring (bicyclic) bond motifs is 1. The molecule has 0 atom stereocenters. The second-order valence-corrected chi connectivity index (χ2v) is 6.22. The van der Waals surface area contributed by atoms with Gasteiger partial charge in [0, 0.05) is 28.7 Å². The first kappa shape index (κ1) is 17.7. The zero-order valence-corrected chi connectivity index (χ0v) is 14.3. The molecule has 0 saturated heterocycles. The summed E-state index contributed by atoms with van der Waals surface area (Å²) in [5.41, 5.74) is 3.26. The van der Waals surface area contributed by atoms with Crippen molar-refractivity contribution in [2.24, 2.45) is 0 Å². The van der Waals surface area contributed by atoms with Crippen molar-refractivity contribution in [2.75, 3.05) is 13.2 Å². The van der Waals surface area contributed by atoms with E-state index >= 15 is 0 Å². The van der Waals surface area contributed by atoms with Crippen molar-refractivity contribution in [3.05, 3.63) is 64.8 Å². The Labute approximate surface area is 150 Å². The molecule has 0 bridgehead atoms. The number of benzene rings is 2. The molecule has 0 fully saturated rings. The van der Waals surface area contributed by atoms with Gasteiger partial charge >= 0.3 is 0 Å². The first-order chi connectivity index (χ1) is 12.1. The normalized spacial score (nSPS) is 11.4. The minimum Gasteiger partial charge on any atom is -0.488 e. The van der Waals surface area contributed by atoms with E-state index in [1.165, 1.54) is 10.9 Å². The Kier molecular flexibility index (Phi) is 5.89. The summed E-state index contributed by atoms with van der Waals surface area (Å²) in [5.74, 6) is 0.466. The molecule has 25 heavy (non-hydrogen) atoms. The predicted octanol–water partition coefficient (Wildman–Crippen LogP) is 4.80. The van der Waals surface area contributed by atoms with E-state index in [9.17, 15) is 8.78 Å². The summed E-state index contributed by atoms with van der Waals surface area (Å²) < 4.78 is 29.4. The summed E-state index contributed by atoms with van der Waals surface area (Å²) in [5, 5.41) is 5.25. The summed E-state index contributed by atoms with van der Waals surface area (Å²) in [6, 6.07) is 13.0. The Morgan fingerprint density at radius 3 is 2.88 bits per heavy atom. The van der Waals surface area contributed by atoms with E-state index in [0.717, 1.165) is 24.0 Å². The Hall–Kier alpha value is -2.11. The second kappa shape index (κ2) is 8.32. The molecule has 0 aliphatic rings. The standard InChI is InChI=1S/C19H19ClF2N2O/c20-15-4-5-17-14(11-24-18(17)9-15)6-7-23-10-13-2-1-3-16(8-13)25-12-19(21)22/h1-5,8-9,11,19,23-24H,6-7,10,12H2. The molecule has 6 heteroatoms. The van der Waals surface area contributed by atoms with Crippen molar-refractivity contribution in [3.63, 3.8) is 0 Å². The van der Waals surface area contributed by atoms with Gasteiger partial charge in [-0.3, -0.25) is 0 Å². The highest BCUT2D eigenvalue weighted by Crippen LogP contribution is 2.22. The Bertz CT molecular complexity index is 835. The van der Waals surface area contributed by atoms with Crippen LogP contribution in [0, 0.1) is 0 Å². The maximum atomic E-state index is 12.2. The fraction of sp³-hybridized carbons (Fsp3) is 0.263. The van der Waals surface area contributed by atoms with E-state index in [4.69, 9.17) is 16.3 Å². The summed E-state index contributed by atoms with van der Waals surface area (Å²) in [6.45, 7) is 0.874. The number of nitrogens with one attached hydrogen (secondary N) is 2. The number of alkyl halides is 2. The highest BCUT2D eigenvalue weighted by atomic mass is 35.5. The van der Waals surface area contributed by atoms with E-state index in [-0.39, 0.29) is 0 Å². The van der Waals surface area contributed by atoms with Crippen molar-refractivity contribution in [1.29, 1.82) is 0 Å². The third-order valence-electron chi connectivity index (χ3n) is 3.90. The molecule has 3 rings (SSSR count). The molecule has 0 saturated carbocycles. The molecule has 3 aromatic rings. The van der Waals surface area contributed by atoms with Gasteiger partial charge < -0.3 is 15.0 Å². The van der Waals surface area contributed by atoms with Gasteiger partial charge in [-0.15, -0.1) is 0 Å². The molecule has 0 radical (unpaired) electrons. The van der Waals surface area contributed by atoms with Gasteiger partial charge in [-0.1, -0.05) is 29.8 Å². The zero-order chi connectivity index (χ0) is 17.6. The molecular formula is C19H19ClF2N2O. The number of aromatic nitrogens is 1. The van der Waals surface area contributed by atoms with Gasteiger partial charge in [0.2, 0.25) is 0 Å². The van der Waals surface area contributed by atoms with Gasteiger partial charge in [0.25, 0.3) is 6.43 Å². The van der Waals surface area contributed by atoms with Crippen LogP contribution in [-0.2, 0) is 13.0 Å². The Morgan fingerprint density at radius 2 is 2.04 bits per heavy atom. The van der Waals surface area contributed by atoms with Crippen LogP contribution in [0.4, 0.5) is 8.78 Å². The monoisotopic (exact) mass is 364 g/mol. The number of aromatic amines is 1. The average Bonchev–Trinajstić information content (AvgIpc) is 2.99. The van der Waals surface area contributed by atoms with Crippen molar-refractivity contribution in [3.8, 4) is 5.75 Å². The molecule has 132 valence electrons. The van der Waals surface area contributed by atoms with Crippen LogP contribution in [0.3, 0.4) is 0 Å². The van der Waals surface area contributed by atoms with Crippen molar-refractivity contribution in [2.45, 2.75) is 19.4 Å². The van der Waals surface area contributed by atoms with E-state index in [0.29, 0.717) is 17.3 Å². The molecule has 1 aromatic heterocycles. The van der Waals surface area contributed by atoms with Crippen LogP contribution < -0.4 is 10.1 Å². The molecule has 2 aromatic carbocycles. The summed E-state index contributed by atoms with van der Waals surface area (Å²) >= 11 is 5.99. The zero-order valence-electron chi connectivity index (χ0n) is 13.6. The lowest BCUT2D eigenvalue weighted by Crippen LogP contribution is -2.16. The fourth-order valence-corrected chi connectivity index (χ4v) is 2.90. The van der Waals surface area contributed by atoms with E-state index < -0.39 is 13.0 Å². The third-order valence-corrected chi connectivity index (χ3v) is 4.14. The maximum Gasteiger partial charge on any atom is 0.272 e. The van der Waals surface area contributed by atoms with E-state index in [1.54, 1.807) is 18.2 Å². The van der Waals surface area contributed by atoms with Crippen LogP contribution in [0.15, 0.2) is 48.7 Å². The lowest BCUT2D eigenvalue weighted by molar-refractivity contribution is 0.0818. The third kappa shape index (κ3) is 4.94. The molecule has 0 spiro atoms. The first-order valence-electron chi connectivity index (χ1n) is 8.08. The lowest BCUT2D eigenvalue weighted by atomic mass is 10.1. The van der Waals surface area contributed by atoms with Gasteiger partial charge in [0.1, 0.15) is 12.4 Å². The molecule has 0 aliphatic carbocycles. The largest absolute Gasteiger partial charge is 0.488 e. The molecule has 1 heterocycles. The highest BCUT2D eigenvalue weighted by molar-refractivity contribution is 6.31. The van der Waals surface area contributed by atoms with Gasteiger partial charge in [-0.2, -0.15) is 0 Å². The van der Waals surface area contributed by atoms with Gasteiger partial charge in [0.15, 0.2) is 0 Å². The highest BCUT2D eigenvalue weighted by Gasteiger charge is 2.05. The second-order valence-electron chi connectivity index (χ2n) is 5.78. The average molecular weight is 365 g/mol. The molecule has 3 nitrogen and oxygen atoms in total. The SMILES string of the molecule is FC(F)COc1cccc(CNCCc2c[nH]c3cc(Cl)ccc23)c1. The number of halogens is 3. The Balaban J connectivity index is 1.50. The topological polar surface area (TPSA) is 37.0 Å². The van der Waals surface area contributed by atoms with Gasteiger partial charge in [-0.05, 0) is 48.4 Å². The van der Waals surface area contributed by atoms with Crippen LogP contribution in [0.25, 0.3) is 10.9 Å². The molecule has 2 N–H and O–H groups in total. The van der Waals surface area contributed by atoms with Gasteiger partial charge in [0.05, 0.1) is 0 Å². The minimum absolute atomic E-state index is 0.466. The lowest BCUT2D eigenvalue weighted by Gasteiger charge is -2.08. The Morgan fingerprint density at radius 1 is 1.16 bits per heavy atom. The van der Waals surface area contributed by atoms with Crippen LogP contribution in [0.2, 0.25) is 5.02 Å². The first-order valence-corrected chi connectivity index (χ1v) is 8.46. The van der Waals surface area contributed by atoms with Crippen molar-refractivity contribution < 1.29 is 13.5 Å². The van der Waals surface area contributed by atoms with Crippen molar-refractivity contribution in [1.82, 2.24) is 10.3 Å². The van der Waals surface area contributed by atoms with Crippen LogP contribution in [0.1, 0.15) is 11.1 Å². The summed E-state index contributed by atoms with van der Waals surface area (Å²) in [6.07, 6.45) is 0.415. The summed E-state index contributed by atoms with van der Waals surface area (Å²) in [4.78, 5) is 3.23. The predicted molar refractivity (Wildman–Crippen MR) is 96.7 cm³/mol. The van der Waals surface area contributed by atoms with Crippen LogP contribution in [0.5, 0.6) is 5.75 Å². The number of rotatable bonds is 8. The number of ether oxygens (including phenoxy) is 1. The molecule has 0 amide bonds. The van der Waals surface area contributed by atoms with E-state index in [1.807, 2.05) is 30.5 Å². The van der Waals surface area contributed by atoms with Crippen LogP contribution >= 0.6 is 11.6 Å². The molecular weight excluding hydrogens is 346 g/mol. The fourth-order valence-electron chi connectivity index (χ4n) is 2.73. The summed E-state index contributed by atoms with van der Waals surface area (Å²) in [7, 11) is 0. The molecule has 0 aliphatic heterocycles. The quantitative estimate of drug-likeness (QED) is 0.563. The number of hydrogen-bond acceptors (Lipinski definition) is 2. The van der Waals surface area contributed by atoms with Crippen LogP contribution in [-0.4, -0.2) is 24.6 Å². The van der Waals surface area contributed by atoms with Gasteiger partial charge in [-0.25, -0.2) is 8.78 Å². The molecule has 0 unspecified atom stereocenters. The smallest absolute Gasteiger partial charge is 0.272 e. The maximum absolute atomic E-state index is 12.2. The number of H-pyrrole nitrogens is 1. The van der Waals surface area contributed by atoms with Crippen molar-refractivity contribution >= 4 is 22.5 Å². The number of hydrogen-bond donors (Lipinski definition) is 2.